The third-order valence-corrected chi connectivity index (χ3v) is 23.1. The number of pyridine rings is 1. The first kappa shape index (κ1) is 106. The number of halogens is 5. The third kappa shape index (κ3) is 41.0. The quantitative estimate of drug-likeness (QED) is 0.0102. The largest absolute Gasteiger partial charge is 0.416 e. The van der Waals surface area contributed by atoms with E-state index in [1.807, 2.05) is 35.4 Å². The van der Waals surface area contributed by atoms with Crippen molar-refractivity contribution in [2.45, 2.75) is 94.1 Å². The molecule has 6 aliphatic heterocycles. The molecule has 5 aromatic carbocycles. The molecule has 2 aromatic heterocycles. The molecule has 8 atom stereocenters. The summed E-state index contributed by atoms with van der Waals surface area (Å²) in [5, 5.41) is 67.1. The van der Waals surface area contributed by atoms with Crippen molar-refractivity contribution >= 4 is 34.2 Å². The molecule has 0 saturated carbocycles. The highest BCUT2D eigenvalue weighted by Crippen LogP contribution is 2.34. The Kier molecular flexibility index (Phi) is 50.5. The van der Waals surface area contributed by atoms with Crippen LogP contribution in [0.4, 0.5) is 44.8 Å². The number of likely N-dealkylation sites (tertiary alicyclic amines) is 1. The molecule has 0 radical (unpaired) electrons. The minimum Gasteiger partial charge on any atom is -0.389 e. The number of nitrogens with one attached hydrogen (secondary N) is 2. The Morgan fingerprint density at radius 3 is 1.36 bits per heavy atom. The van der Waals surface area contributed by atoms with E-state index < -0.39 is 42.3 Å². The van der Waals surface area contributed by atoms with Gasteiger partial charge in [0.25, 0.3) is 0 Å². The van der Waals surface area contributed by atoms with Gasteiger partial charge < -0.3 is 93.9 Å². The lowest BCUT2D eigenvalue weighted by Crippen LogP contribution is -2.50. The van der Waals surface area contributed by atoms with Gasteiger partial charge in [0.05, 0.1) is 101 Å². The zero-order chi connectivity index (χ0) is 90.9. The summed E-state index contributed by atoms with van der Waals surface area (Å²) in [4.78, 5) is 25.9. The number of thiophene rings is 1. The third-order valence-electron chi connectivity index (χ3n) is 22.1. The van der Waals surface area contributed by atoms with E-state index in [0.29, 0.717) is 116 Å². The number of ether oxygens (including phenoxy) is 8. The molecule has 6 fully saturated rings. The molecule has 6 saturated heterocycles. The summed E-state index contributed by atoms with van der Waals surface area (Å²) in [6.07, 6.45) is -1.24. The van der Waals surface area contributed by atoms with Crippen molar-refractivity contribution in [3.8, 4) is 0 Å². The molecular weight excluding hydrogens is 1650 g/mol. The lowest BCUT2D eigenvalue weighted by Gasteiger charge is -2.40. The van der Waals surface area contributed by atoms with Crippen molar-refractivity contribution in [1.82, 2.24) is 39.7 Å². The first-order valence-electron chi connectivity index (χ1n) is 43.8. The average Bonchev–Trinajstić information content (AvgIpc) is 0.977. The molecule has 7 unspecified atom stereocenters. The minimum atomic E-state index is -4.32. The van der Waals surface area contributed by atoms with Crippen LogP contribution in [-0.4, -0.2) is 380 Å². The molecule has 6 aliphatic rings. The summed E-state index contributed by atoms with van der Waals surface area (Å²) in [5.41, 5.74) is 7.05. The van der Waals surface area contributed by atoms with Gasteiger partial charge in [-0.2, -0.15) is 13.2 Å². The van der Waals surface area contributed by atoms with Crippen molar-refractivity contribution < 1.29 is 90.5 Å². The molecule has 26 nitrogen and oxygen atoms in total. The van der Waals surface area contributed by atoms with Gasteiger partial charge in [-0.05, 0) is 140 Å². The molecule has 7 aromatic rings. The second kappa shape index (κ2) is 60.0. The number of alkyl halides is 3. The normalized spacial score (nSPS) is 18.7. The highest BCUT2D eigenvalue weighted by molar-refractivity contribution is 7.09. The summed E-state index contributed by atoms with van der Waals surface area (Å²) < 4.78 is 104. The van der Waals surface area contributed by atoms with Crippen molar-refractivity contribution in [3.63, 3.8) is 0 Å². The summed E-state index contributed by atoms with van der Waals surface area (Å²) in [7, 11) is 11.3. The highest BCUT2D eigenvalue weighted by atomic mass is 32.1. The van der Waals surface area contributed by atoms with Gasteiger partial charge in [-0.25, -0.2) is 13.8 Å². The Labute approximate surface area is 748 Å². The average molecular weight is 1790 g/mol. The van der Waals surface area contributed by atoms with E-state index in [4.69, 9.17) is 37.9 Å². The van der Waals surface area contributed by atoms with Crippen LogP contribution in [0, 0.1) is 25.5 Å². The van der Waals surface area contributed by atoms with Gasteiger partial charge in [0.15, 0.2) is 0 Å². The zero-order valence-corrected chi connectivity index (χ0v) is 76.3. The molecule has 704 valence electrons. The van der Waals surface area contributed by atoms with Gasteiger partial charge in [0.1, 0.15) is 23.6 Å². The summed E-state index contributed by atoms with van der Waals surface area (Å²) in [6.45, 7) is 28.7. The molecule has 8 N–H and O–H groups in total. The number of hydrogen-bond acceptors (Lipinski definition) is 27. The number of β-amino-alcohol motifs (C(OH)–C–C–N with tert-alkyl or cyclic N) is 5. The number of methoxy groups -OCH3 is 7. The number of rotatable bonds is 38. The number of nitrogens with zero attached hydrogens (tertiary/aromatic N) is 10. The number of aliphatic hydroxyl groups is 6. The van der Waals surface area contributed by atoms with Gasteiger partial charge in [-0.3, -0.25) is 29.4 Å². The predicted octanol–water partition coefficient (Wildman–Crippen LogP) is 8.65. The molecule has 32 heteroatoms. The number of hydrogen-bond donors (Lipinski definition) is 8. The molecule has 0 aliphatic carbocycles. The lowest BCUT2D eigenvalue weighted by atomic mass is 9.96. The van der Waals surface area contributed by atoms with Gasteiger partial charge in [0.2, 0.25) is 0 Å². The Balaban J connectivity index is 0.000000206. The van der Waals surface area contributed by atoms with Gasteiger partial charge in [-0.15, -0.1) is 11.3 Å². The molecule has 0 amide bonds. The number of benzene rings is 5. The van der Waals surface area contributed by atoms with E-state index in [1.54, 1.807) is 84.3 Å². The van der Waals surface area contributed by atoms with E-state index in [2.05, 4.69) is 129 Å². The van der Waals surface area contributed by atoms with Crippen LogP contribution in [0.25, 0.3) is 0 Å². The molecule has 0 bridgehead atoms. The van der Waals surface area contributed by atoms with Crippen LogP contribution in [0.1, 0.15) is 51.6 Å². The number of aryl methyl sites for hydroxylation is 2. The van der Waals surface area contributed by atoms with Crippen LogP contribution < -0.4 is 25.3 Å². The Bertz CT molecular complexity index is 3770. The predicted molar refractivity (Wildman–Crippen MR) is 490 cm³/mol. The smallest absolute Gasteiger partial charge is 0.389 e. The van der Waals surface area contributed by atoms with Crippen LogP contribution in [0.5, 0.6) is 0 Å². The van der Waals surface area contributed by atoms with E-state index in [1.165, 1.54) is 83.7 Å². The summed E-state index contributed by atoms with van der Waals surface area (Å²) >= 11 is 1.76. The number of aromatic nitrogens is 1. The van der Waals surface area contributed by atoms with Crippen molar-refractivity contribution in [1.29, 1.82) is 0 Å². The maximum atomic E-state index is 13.4. The van der Waals surface area contributed by atoms with E-state index in [0.717, 1.165) is 141 Å². The van der Waals surface area contributed by atoms with Crippen LogP contribution in [0.2, 0.25) is 0 Å². The Morgan fingerprint density at radius 2 is 0.921 bits per heavy atom. The second-order valence-corrected chi connectivity index (χ2v) is 33.3. The lowest BCUT2D eigenvalue weighted by molar-refractivity contribution is -0.137. The van der Waals surface area contributed by atoms with Crippen LogP contribution in [-0.2, 0) is 50.5 Å². The van der Waals surface area contributed by atoms with Crippen LogP contribution in [0.3, 0.4) is 0 Å². The fourth-order valence-electron chi connectivity index (χ4n) is 15.6. The first-order valence-corrected chi connectivity index (χ1v) is 44.7. The molecule has 0 spiro atoms. The van der Waals surface area contributed by atoms with Gasteiger partial charge >= 0.3 is 6.18 Å². The summed E-state index contributed by atoms with van der Waals surface area (Å²) in [6, 6.07) is 45.9. The van der Waals surface area contributed by atoms with Crippen LogP contribution in [0.15, 0.2) is 163 Å². The SMILES string of the molecule is COCC(O)CN1CCC[C@H]1CNc1c(C)cccc1C.COCC(O)CN1CCN(C(c2ccc(F)cc2)c2ccc(F)cc2)CC1.COCC(O)CN1CCN(c2cccc(C(F)(F)F)c2)CC1.COCC(O)CN1CCN(c2ccccc2)CC1.COCC(O)CN1CCN(c2ccccn2)CC1.COCC(O)CNCCc1cccs1.COCC1CO1. The second-order valence-electron chi connectivity index (χ2n) is 32.3. The molecular formula is C94H143F5N12O14S. The molecule has 126 heavy (non-hydrogen) atoms. The molecule has 13 rings (SSSR count). The number of piperazine rings is 4. The van der Waals surface area contributed by atoms with Crippen molar-refractivity contribution in [2.24, 2.45) is 0 Å². The summed E-state index contributed by atoms with van der Waals surface area (Å²) in [5.74, 6) is 0.497. The Hall–Kier alpha value is -7.04. The fourth-order valence-corrected chi connectivity index (χ4v) is 16.3. The molecule has 8 heterocycles. The van der Waals surface area contributed by atoms with Crippen LogP contribution >= 0.6 is 11.3 Å². The van der Waals surface area contributed by atoms with Crippen molar-refractivity contribution in [3.05, 3.63) is 208 Å². The minimum absolute atomic E-state index is 0.0581. The zero-order valence-electron chi connectivity index (χ0n) is 75.5. The highest BCUT2D eigenvalue weighted by Gasteiger charge is 2.33. The van der Waals surface area contributed by atoms with Crippen molar-refractivity contribution in [2.75, 3.05) is 286 Å². The van der Waals surface area contributed by atoms with Gasteiger partial charge in [-0.1, -0.05) is 78.9 Å². The number of aliphatic hydroxyl groups excluding tert-OH is 6. The van der Waals surface area contributed by atoms with Gasteiger partial charge in [0, 0.05) is 241 Å². The Morgan fingerprint density at radius 1 is 0.476 bits per heavy atom. The topological polar surface area (TPSA) is 265 Å². The number of anilines is 4. The maximum Gasteiger partial charge on any atom is 0.416 e. The maximum absolute atomic E-state index is 13.4. The van der Waals surface area contributed by atoms with E-state index >= 15 is 0 Å². The fraction of sp³-hybridized carbons (Fsp3) is 0.585. The first-order chi connectivity index (χ1) is 60.9. The number of epoxide rings is 1. The monoisotopic (exact) mass is 1790 g/mol. The number of para-hydroxylation sites is 2. The standard InChI is InChI=1S/C21H26F2N2O2.C17H28N2O2.C15H21F3N2O2.C14H22N2O2.C13H21N3O2.C10H17NO2S.C4H8O2/c1-27-15-20(26)14-24-10-12-25(13-11-24)21(16-2-6-18(22)7-3-16)17-4-8-19(23)9-5-17;1-13-6-4-7-14(2)17(13)18-10-15-8-5-9-19(15)11-16(20)12-21-3;1-22-11-14(21)10-19-5-7-20(8-6-19)13-4-2-3-12(9-13)15(16,17)18;1-18-12-14(17)11-15-7-9-16(10-8-15)13-5-3-2-4-6-13;1-18-11-12(17)10-15-6-8-16(9-7-15)13-4-2-3-5-14-13;1-13-8-9(12)7-11-5-4-10-3-2-6-14-10;1-5-2-4-3-6-4/h2-9,20-21,26H,10-15H2,1H3;4,6-7,15-16,18,20H,5,8-12H2,1-3H3;2-4,9,14,21H,5-8,10-11H2,1H3;2-6,14,17H,7-12H2,1H3;2-5,12,17H,6-11H2,1H3;2-3,6,9,11-12H,4-5,7-8H2,1H3;4H,2-3H2,1H3/t;15-,16?;;;;;/m.0...../s1. The van der Waals surface area contributed by atoms with E-state index in [-0.39, 0.29) is 30.4 Å². The van der Waals surface area contributed by atoms with E-state index in [9.17, 15) is 52.6 Å².